The van der Waals surface area contributed by atoms with E-state index in [4.69, 9.17) is 9.47 Å². The lowest BCUT2D eigenvalue weighted by Crippen LogP contribution is -2.56. The number of nitrogens with one attached hydrogen (secondary N) is 5. The molecule has 20 heteroatoms. The van der Waals surface area contributed by atoms with E-state index in [1.54, 1.807) is 39.2 Å². The molecule has 4 rings (SSSR count). The number of nitrogens with zero attached hydrogens (tertiary/aromatic N) is 4. The summed E-state index contributed by atoms with van der Waals surface area (Å²) in [5.41, 5.74) is 8.60. The molecule has 1 aliphatic rings. The highest BCUT2D eigenvalue weighted by molar-refractivity contribution is 5.90. The zero-order chi connectivity index (χ0) is 68.2. The van der Waals surface area contributed by atoms with Crippen molar-refractivity contribution in [2.24, 2.45) is 29.6 Å². The minimum atomic E-state index is -0.858. The Balaban J connectivity index is 1.29. The number of likely N-dealkylation sites (N-methyl/N-ethyl adjacent to an activating group) is 2. The molecule has 1 aliphatic heterocycles. The second-order valence-electron chi connectivity index (χ2n) is 26.8. The van der Waals surface area contributed by atoms with Gasteiger partial charge in [0.25, 0.3) is 0 Å². The largest absolute Gasteiger partial charge is 0.494 e. The highest BCUT2D eigenvalue weighted by atomic mass is 16.5. The van der Waals surface area contributed by atoms with E-state index in [0.717, 1.165) is 61.6 Å². The first-order valence-corrected chi connectivity index (χ1v) is 34.3. The van der Waals surface area contributed by atoms with Crippen molar-refractivity contribution in [2.45, 2.75) is 240 Å². The molecule has 2 aromatic carbocycles. The fraction of sp³-hybridized carbons (Fsp3) is 0.681. The van der Waals surface area contributed by atoms with Gasteiger partial charge in [0.2, 0.25) is 41.4 Å². The van der Waals surface area contributed by atoms with Gasteiger partial charge in [-0.15, -0.1) is 0 Å². The van der Waals surface area contributed by atoms with Crippen LogP contribution in [0.25, 0.3) is 0 Å². The Morgan fingerprint density at radius 3 is 1.99 bits per heavy atom. The van der Waals surface area contributed by atoms with Crippen LogP contribution in [0.3, 0.4) is 0 Å². The van der Waals surface area contributed by atoms with E-state index < -0.39 is 42.3 Å². The highest BCUT2D eigenvalue weighted by Crippen LogP contribution is 2.41. The van der Waals surface area contributed by atoms with E-state index in [0.29, 0.717) is 77.7 Å². The average Bonchev–Trinajstić information content (AvgIpc) is 1.69. The summed E-state index contributed by atoms with van der Waals surface area (Å²) in [6, 6.07) is 16.8. The number of aryl methyl sites for hydroxylation is 1. The molecule has 2 heterocycles. The van der Waals surface area contributed by atoms with Crippen LogP contribution >= 0.6 is 0 Å². The van der Waals surface area contributed by atoms with Crippen molar-refractivity contribution >= 4 is 41.4 Å². The highest BCUT2D eigenvalue weighted by Gasteiger charge is 2.42. The lowest BCUT2D eigenvalue weighted by molar-refractivity contribution is -0.143. The number of aromatic hydroxyl groups is 2. The quantitative estimate of drug-likeness (QED) is 0.0207. The summed E-state index contributed by atoms with van der Waals surface area (Å²) in [6.07, 6.45) is 9.33. The van der Waals surface area contributed by atoms with Crippen molar-refractivity contribution < 1.29 is 53.2 Å². The predicted molar refractivity (Wildman–Crippen MR) is 362 cm³/mol. The van der Waals surface area contributed by atoms with Crippen LogP contribution in [0.15, 0.2) is 60.7 Å². The van der Waals surface area contributed by atoms with Gasteiger partial charge in [0.15, 0.2) is 11.8 Å². The SMILES string of the molecule is CCCCc1cccc(CNC(=O)C(Cc2ccccc2)NC(=O)C(C)C(OC)C2CCCN2C(=O)CC(OC)C(CCN(C)C(=O)C(NC(=O)C(C(C)C)N(C)CCCC(=O)NNC(=O)CCCCCn2c(O)cc(C(C)(CC)CC)c2O)C(C)C)C(C)CC)c1. The lowest BCUT2D eigenvalue weighted by Gasteiger charge is -2.37. The Bertz CT molecular complexity index is 2770. The number of methoxy groups -OCH3 is 2. The number of ether oxygens (including phenoxy) is 2. The molecule has 92 heavy (non-hydrogen) atoms. The fourth-order valence-electron chi connectivity index (χ4n) is 13.0. The molecule has 1 aromatic heterocycles. The Kier molecular flexibility index (Phi) is 33.3. The van der Waals surface area contributed by atoms with Gasteiger partial charge >= 0.3 is 0 Å². The van der Waals surface area contributed by atoms with Crippen LogP contribution in [-0.2, 0) is 74.4 Å². The number of benzene rings is 2. The zero-order valence-electron chi connectivity index (χ0n) is 58.5. The maximum Gasteiger partial charge on any atom is 0.245 e. The Labute approximate surface area is 550 Å². The fourth-order valence-corrected chi connectivity index (χ4v) is 13.0. The van der Waals surface area contributed by atoms with E-state index in [1.807, 2.05) is 87.0 Å². The predicted octanol–water partition coefficient (Wildman–Crippen LogP) is 9.51. The number of carbonyl (C=O) groups is 7. The Hall–Kier alpha value is -6.51. The van der Waals surface area contributed by atoms with Gasteiger partial charge in [-0.1, -0.05) is 150 Å². The molecule has 0 spiro atoms. The van der Waals surface area contributed by atoms with Crippen LogP contribution in [0.4, 0.5) is 0 Å². The second kappa shape index (κ2) is 39.3. The van der Waals surface area contributed by atoms with Crippen LogP contribution in [0.1, 0.15) is 195 Å². The Morgan fingerprint density at radius 2 is 1.38 bits per heavy atom. The molecule has 20 nitrogen and oxygen atoms in total. The number of rotatable bonds is 41. The zero-order valence-corrected chi connectivity index (χ0v) is 58.5. The minimum absolute atomic E-state index is 0.0226. The number of amides is 7. The summed E-state index contributed by atoms with van der Waals surface area (Å²) < 4.78 is 13.8. The summed E-state index contributed by atoms with van der Waals surface area (Å²) in [5.74, 6) is -2.94. The maximum absolute atomic E-state index is 14.6. The number of carbonyl (C=O) groups excluding carboxylic acids is 7. The van der Waals surface area contributed by atoms with Gasteiger partial charge in [-0.05, 0) is 124 Å². The third-order valence-electron chi connectivity index (χ3n) is 19.5. The van der Waals surface area contributed by atoms with Gasteiger partial charge in [0, 0.05) is 78.3 Å². The van der Waals surface area contributed by atoms with Crippen molar-refractivity contribution in [1.29, 1.82) is 0 Å². The summed E-state index contributed by atoms with van der Waals surface area (Å²) in [4.78, 5) is 102. The molecule has 0 aliphatic carbocycles. The van der Waals surface area contributed by atoms with E-state index in [2.05, 4.69) is 80.5 Å². The maximum atomic E-state index is 14.6. The van der Waals surface area contributed by atoms with Crippen molar-refractivity contribution in [2.75, 3.05) is 47.9 Å². The molecular formula is C72H117N9O11. The van der Waals surface area contributed by atoms with E-state index >= 15 is 0 Å². The molecule has 7 N–H and O–H groups in total. The second-order valence-corrected chi connectivity index (χ2v) is 26.8. The molecule has 0 saturated carbocycles. The first-order chi connectivity index (χ1) is 43.8. The van der Waals surface area contributed by atoms with Crippen molar-refractivity contribution in [3.63, 3.8) is 0 Å². The smallest absolute Gasteiger partial charge is 0.245 e. The normalized spacial score (nSPS) is 16.1. The summed E-state index contributed by atoms with van der Waals surface area (Å²) >= 11 is 0. The topological polar surface area (TPSA) is 253 Å². The molecular weight excluding hydrogens is 1170 g/mol. The molecule has 0 radical (unpaired) electrons. The lowest BCUT2D eigenvalue weighted by atomic mass is 9.79. The van der Waals surface area contributed by atoms with Gasteiger partial charge in [-0.2, -0.15) is 0 Å². The van der Waals surface area contributed by atoms with E-state index in [9.17, 15) is 43.8 Å². The van der Waals surface area contributed by atoms with Crippen LogP contribution in [0.5, 0.6) is 11.8 Å². The average molecular weight is 1280 g/mol. The summed E-state index contributed by atoms with van der Waals surface area (Å²) in [6.45, 7) is 24.0. The van der Waals surface area contributed by atoms with E-state index in [1.165, 1.54) is 10.1 Å². The number of aromatic nitrogens is 1. The minimum Gasteiger partial charge on any atom is -0.494 e. The van der Waals surface area contributed by atoms with E-state index in [-0.39, 0.29) is 101 Å². The van der Waals surface area contributed by atoms with Crippen LogP contribution in [0.2, 0.25) is 0 Å². The van der Waals surface area contributed by atoms with Crippen molar-refractivity contribution in [3.8, 4) is 11.8 Å². The third-order valence-corrected chi connectivity index (χ3v) is 19.5. The third kappa shape index (κ3) is 23.2. The van der Waals surface area contributed by atoms with Crippen LogP contribution in [-0.4, -0.2) is 155 Å². The molecule has 3 aromatic rings. The van der Waals surface area contributed by atoms with Crippen molar-refractivity contribution in [1.82, 2.24) is 46.1 Å². The number of hydrogen-bond donors (Lipinski definition) is 7. The number of hydrogen-bond acceptors (Lipinski definition) is 12. The van der Waals surface area contributed by atoms with Crippen molar-refractivity contribution in [3.05, 3.63) is 82.9 Å². The molecule has 1 fully saturated rings. The van der Waals surface area contributed by atoms with Crippen LogP contribution < -0.4 is 26.8 Å². The number of likely N-dealkylation sites (tertiary alicyclic amines) is 1. The Morgan fingerprint density at radius 1 is 0.728 bits per heavy atom. The van der Waals surface area contributed by atoms with Gasteiger partial charge in [0.1, 0.15) is 12.1 Å². The molecule has 9 unspecified atom stereocenters. The molecule has 516 valence electrons. The molecule has 1 saturated heterocycles. The van der Waals surface area contributed by atoms with Crippen LogP contribution in [0, 0.1) is 29.6 Å². The first kappa shape index (κ1) is 77.9. The first-order valence-electron chi connectivity index (χ1n) is 34.3. The molecule has 7 amide bonds. The van der Waals surface area contributed by atoms with Gasteiger partial charge in [-0.3, -0.25) is 53.9 Å². The summed E-state index contributed by atoms with van der Waals surface area (Å²) in [5, 5.41) is 30.6. The molecule has 0 bridgehead atoms. The summed E-state index contributed by atoms with van der Waals surface area (Å²) in [7, 11) is 6.74. The number of hydrazine groups is 1. The van der Waals surface area contributed by atoms with Gasteiger partial charge in [-0.25, -0.2) is 0 Å². The molecule has 9 atom stereocenters. The monoisotopic (exact) mass is 1280 g/mol. The van der Waals surface area contributed by atoms with Gasteiger partial charge in [0.05, 0.1) is 36.6 Å². The van der Waals surface area contributed by atoms with Gasteiger partial charge < -0.3 is 45.4 Å². The standard InChI is InChI=1S/C72H117N9O11/c1-16-20-30-52-33-27-34-54(43-52)47-73-68(87)57(44-53-31-23-21-24-32-53)74-67(86)51(10)66(92-15)58-35-28-41-80(58)63(85)46-59(91-14)55(50(9)17-2)38-42-79(13)71(90)64(48(5)6)75-69(88)65(49(7)8)78(12)39-29-37-61(83)77-76-60(82)36-25-22-26-40-81-62(84)45-56(70(81)89)72(11,18-3)19-4/h21,23-24,27,31-34,43,45,48-51,55,57-59,64-66,84,89H,16-20,22,25-26,28-30,35-42,44,46-47H2,1-15H3,(H,73,87)(H,74,86)(H,75,88)(H,76,82)(H,77,83). The number of unbranched alkanes of at least 4 members (excludes halogenated alkanes) is 3.